The van der Waals surface area contributed by atoms with E-state index in [1.165, 1.54) is 29.1 Å². The molecule has 1 aromatic heterocycles. The van der Waals surface area contributed by atoms with Gasteiger partial charge in [-0.3, -0.25) is 24.8 Å². The lowest BCUT2D eigenvalue weighted by molar-refractivity contribution is -0.384. The molecule has 1 heterocycles. The summed E-state index contributed by atoms with van der Waals surface area (Å²) in [5, 5.41) is 18.0. The molecule has 0 saturated carbocycles. The number of aromatic nitrogens is 2. The molecule has 0 radical (unpaired) electrons. The van der Waals surface area contributed by atoms with Crippen LogP contribution in [-0.2, 0) is 0 Å². The Kier molecular flexibility index (Phi) is 5.37. The van der Waals surface area contributed by atoms with Crippen molar-refractivity contribution in [2.75, 3.05) is 0 Å². The maximum absolute atomic E-state index is 12.6. The minimum atomic E-state index is -0.636. The van der Waals surface area contributed by atoms with Crippen molar-refractivity contribution in [2.45, 2.75) is 6.92 Å². The lowest BCUT2D eigenvalue weighted by Crippen LogP contribution is -2.20. The number of H-pyrrole nitrogens is 1. The average molecular weight is 400 g/mol. The van der Waals surface area contributed by atoms with E-state index in [4.69, 9.17) is 11.6 Å². The molecule has 9 nitrogen and oxygen atoms in total. The van der Waals surface area contributed by atoms with Crippen LogP contribution in [0.2, 0.25) is 5.02 Å². The van der Waals surface area contributed by atoms with E-state index in [-0.39, 0.29) is 22.4 Å². The van der Waals surface area contributed by atoms with Crippen LogP contribution < -0.4 is 11.0 Å². The molecule has 2 N–H and O–H groups in total. The lowest BCUT2D eigenvalue weighted by Gasteiger charge is -2.01. The summed E-state index contributed by atoms with van der Waals surface area (Å²) >= 11 is 5.96. The van der Waals surface area contributed by atoms with Crippen molar-refractivity contribution in [2.24, 2.45) is 5.10 Å². The molecule has 0 saturated heterocycles. The van der Waals surface area contributed by atoms with Gasteiger partial charge in [-0.15, -0.1) is 0 Å². The number of carbonyl (C=O) groups is 1. The Bertz CT molecular complexity index is 1150. The summed E-state index contributed by atoms with van der Waals surface area (Å²) in [6.07, 6.45) is 1.21. The van der Waals surface area contributed by atoms with Crippen LogP contribution in [0.1, 0.15) is 21.6 Å². The van der Waals surface area contributed by atoms with Gasteiger partial charge in [-0.25, -0.2) is 10.1 Å². The first-order valence-corrected chi connectivity index (χ1v) is 8.40. The molecule has 10 heteroatoms. The molecular weight excluding hydrogens is 386 g/mol. The van der Waals surface area contributed by atoms with E-state index < -0.39 is 10.8 Å². The molecule has 3 rings (SSSR count). The second kappa shape index (κ2) is 7.89. The molecule has 142 valence electrons. The lowest BCUT2D eigenvalue weighted by atomic mass is 10.2. The molecule has 0 aliphatic heterocycles. The highest BCUT2D eigenvalue weighted by Gasteiger charge is 2.13. The van der Waals surface area contributed by atoms with Crippen molar-refractivity contribution < 1.29 is 9.72 Å². The third-order valence-corrected chi connectivity index (χ3v) is 4.10. The van der Waals surface area contributed by atoms with Crippen LogP contribution in [0.25, 0.3) is 5.69 Å². The monoisotopic (exact) mass is 399 g/mol. The normalized spacial score (nSPS) is 10.9. The predicted molar refractivity (Wildman–Crippen MR) is 104 cm³/mol. The van der Waals surface area contributed by atoms with E-state index in [0.29, 0.717) is 16.4 Å². The SMILES string of the molecule is Cc1[nH]n(-c2cccc(Cl)c2)c(=O)c1/C=N\NC(=O)c1cccc([N+](=O)[O-])c1. The summed E-state index contributed by atoms with van der Waals surface area (Å²) in [6, 6.07) is 12.0. The zero-order valence-electron chi connectivity index (χ0n) is 14.5. The van der Waals surface area contributed by atoms with Gasteiger partial charge in [0.2, 0.25) is 0 Å². The molecule has 0 aliphatic rings. The van der Waals surface area contributed by atoms with Gasteiger partial charge >= 0.3 is 0 Å². The van der Waals surface area contributed by atoms with Crippen molar-refractivity contribution in [3.63, 3.8) is 0 Å². The standard InChI is InChI=1S/C18H14ClN5O4/c1-11-16(18(26)23(22-11)14-6-3-5-13(19)9-14)10-20-21-17(25)12-4-2-7-15(8-12)24(27)28/h2-10,22H,1H3,(H,21,25)/b20-10-. The van der Waals surface area contributed by atoms with E-state index in [2.05, 4.69) is 15.6 Å². The van der Waals surface area contributed by atoms with Gasteiger partial charge in [-0.1, -0.05) is 23.7 Å². The van der Waals surface area contributed by atoms with Gasteiger partial charge in [0.25, 0.3) is 17.2 Å². The molecule has 0 spiro atoms. The van der Waals surface area contributed by atoms with Gasteiger partial charge in [-0.05, 0) is 31.2 Å². The van der Waals surface area contributed by atoms with Crippen LogP contribution in [-0.4, -0.2) is 26.8 Å². The summed E-state index contributed by atoms with van der Waals surface area (Å²) in [5.41, 5.74) is 3.10. The Morgan fingerprint density at radius 2 is 2.04 bits per heavy atom. The number of nitro groups is 1. The minimum Gasteiger partial charge on any atom is -0.295 e. The van der Waals surface area contributed by atoms with Crippen LogP contribution >= 0.6 is 11.6 Å². The van der Waals surface area contributed by atoms with E-state index >= 15 is 0 Å². The summed E-state index contributed by atoms with van der Waals surface area (Å²) in [7, 11) is 0. The quantitative estimate of drug-likeness (QED) is 0.389. The number of hydrogen-bond donors (Lipinski definition) is 2. The molecule has 0 unspecified atom stereocenters. The number of non-ortho nitro benzene ring substituents is 1. The number of carbonyl (C=O) groups excluding carboxylic acids is 1. The van der Waals surface area contributed by atoms with Crippen LogP contribution in [0.5, 0.6) is 0 Å². The van der Waals surface area contributed by atoms with E-state index in [1.54, 1.807) is 31.2 Å². The number of hydrazone groups is 1. The topological polar surface area (TPSA) is 122 Å². The number of nitro benzene ring substituents is 1. The molecule has 0 aliphatic carbocycles. The van der Waals surface area contributed by atoms with Gasteiger partial charge in [-0.2, -0.15) is 5.10 Å². The van der Waals surface area contributed by atoms with Crippen LogP contribution in [0.4, 0.5) is 5.69 Å². The number of rotatable bonds is 5. The molecule has 0 bridgehead atoms. The third kappa shape index (κ3) is 3.99. The van der Waals surface area contributed by atoms with Gasteiger partial charge in [0.05, 0.1) is 22.4 Å². The first kappa shape index (κ1) is 19.1. The highest BCUT2D eigenvalue weighted by molar-refractivity contribution is 6.30. The van der Waals surface area contributed by atoms with Crippen molar-refractivity contribution >= 4 is 29.4 Å². The molecule has 3 aromatic rings. The summed E-state index contributed by atoms with van der Waals surface area (Å²) in [6.45, 7) is 1.69. The van der Waals surface area contributed by atoms with Crippen molar-refractivity contribution in [1.82, 2.24) is 15.2 Å². The fourth-order valence-corrected chi connectivity index (χ4v) is 2.67. The molecule has 0 atom stereocenters. The average Bonchev–Trinajstić information content (AvgIpc) is 2.96. The Balaban J connectivity index is 1.80. The Labute approximate surface area is 163 Å². The molecule has 28 heavy (non-hydrogen) atoms. The fraction of sp³-hybridized carbons (Fsp3) is 0.0556. The third-order valence-electron chi connectivity index (χ3n) is 3.86. The maximum Gasteiger partial charge on any atom is 0.280 e. The van der Waals surface area contributed by atoms with Crippen molar-refractivity contribution in [1.29, 1.82) is 0 Å². The first-order chi connectivity index (χ1) is 13.4. The van der Waals surface area contributed by atoms with Crippen LogP contribution in [0.15, 0.2) is 58.4 Å². The Hall–Kier alpha value is -3.72. The number of halogens is 1. The molecule has 2 aromatic carbocycles. The van der Waals surface area contributed by atoms with Gasteiger partial charge < -0.3 is 0 Å². The second-order valence-corrected chi connectivity index (χ2v) is 6.21. The summed E-state index contributed by atoms with van der Waals surface area (Å²) in [5.74, 6) is -0.636. The van der Waals surface area contributed by atoms with E-state index in [1.807, 2.05) is 0 Å². The number of nitrogens with zero attached hydrogens (tertiary/aromatic N) is 3. The largest absolute Gasteiger partial charge is 0.295 e. The molecule has 1 amide bonds. The van der Waals surface area contributed by atoms with E-state index in [9.17, 15) is 19.7 Å². The summed E-state index contributed by atoms with van der Waals surface area (Å²) in [4.78, 5) is 34.9. The minimum absolute atomic E-state index is 0.0773. The van der Waals surface area contributed by atoms with Crippen molar-refractivity contribution in [3.05, 3.63) is 90.8 Å². The zero-order valence-corrected chi connectivity index (χ0v) is 15.3. The van der Waals surface area contributed by atoms with Crippen LogP contribution in [0.3, 0.4) is 0 Å². The van der Waals surface area contributed by atoms with Crippen LogP contribution in [0, 0.1) is 17.0 Å². The maximum atomic E-state index is 12.6. The number of benzene rings is 2. The predicted octanol–water partition coefficient (Wildman–Crippen LogP) is 2.80. The Morgan fingerprint density at radius 3 is 2.75 bits per heavy atom. The highest BCUT2D eigenvalue weighted by atomic mass is 35.5. The molecular formula is C18H14ClN5O4. The zero-order chi connectivity index (χ0) is 20.3. The summed E-state index contributed by atoms with van der Waals surface area (Å²) < 4.78 is 1.31. The number of aromatic amines is 1. The number of nitrogens with one attached hydrogen (secondary N) is 2. The number of amides is 1. The Morgan fingerprint density at radius 1 is 1.29 bits per heavy atom. The fourth-order valence-electron chi connectivity index (χ4n) is 2.49. The van der Waals surface area contributed by atoms with Gasteiger partial charge in [0.1, 0.15) is 0 Å². The second-order valence-electron chi connectivity index (χ2n) is 5.78. The molecule has 0 fully saturated rings. The highest BCUT2D eigenvalue weighted by Crippen LogP contribution is 2.14. The van der Waals surface area contributed by atoms with Gasteiger partial charge in [0.15, 0.2) is 0 Å². The smallest absolute Gasteiger partial charge is 0.280 e. The number of aryl methyl sites for hydroxylation is 1. The van der Waals surface area contributed by atoms with Crippen molar-refractivity contribution in [3.8, 4) is 5.69 Å². The first-order valence-electron chi connectivity index (χ1n) is 8.02. The van der Waals surface area contributed by atoms with E-state index in [0.717, 1.165) is 6.07 Å². The van der Waals surface area contributed by atoms with Gasteiger partial charge in [0, 0.05) is 28.4 Å². The number of hydrogen-bond acceptors (Lipinski definition) is 5.